The molecule has 0 bridgehead atoms. The van der Waals surface area contributed by atoms with Gasteiger partial charge in [0.05, 0.1) is 18.2 Å². The van der Waals surface area contributed by atoms with Gasteiger partial charge in [0.2, 0.25) is 0 Å². The molecule has 11 heavy (non-hydrogen) atoms. The molecule has 5 heteroatoms. The van der Waals surface area contributed by atoms with E-state index in [1.165, 1.54) is 0 Å². The van der Waals surface area contributed by atoms with Crippen LogP contribution in [0.25, 0.3) is 0 Å². The lowest BCUT2D eigenvalue weighted by Crippen LogP contribution is -1.86. The van der Waals surface area contributed by atoms with Crippen LogP contribution in [0.2, 0.25) is 0 Å². The summed E-state index contributed by atoms with van der Waals surface area (Å²) in [5, 5.41) is 2.93. The zero-order valence-electron chi connectivity index (χ0n) is 6.04. The summed E-state index contributed by atoms with van der Waals surface area (Å²) in [5.41, 5.74) is 0.929. The molecular weight excluding hydrogens is 205 g/mol. The first-order valence-electron chi connectivity index (χ1n) is 2.85. The van der Waals surface area contributed by atoms with Crippen LogP contribution in [0.1, 0.15) is 10.7 Å². The van der Waals surface area contributed by atoms with Gasteiger partial charge in [-0.15, -0.1) is 35.3 Å². The van der Waals surface area contributed by atoms with E-state index in [0.29, 0.717) is 12.5 Å². The number of halogens is 2. The molecule has 0 aliphatic heterocycles. The molecule has 0 aromatic carbocycles. The molecule has 0 atom stereocenters. The molecule has 0 aliphatic carbocycles. The lowest BCUT2D eigenvalue weighted by Gasteiger charge is -1.89. The second kappa shape index (κ2) is 5.77. The Morgan fingerprint density at radius 2 is 2.45 bits per heavy atom. The van der Waals surface area contributed by atoms with Crippen molar-refractivity contribution in [3.63, 3.8) is 0 Å². The molecule has 1 heterocycles. The van der Waals surface area contributed by atoms with Crippen LogP contribution in [-0.2, 0) is 17.2 Å². The Kier molecular flexibility index (Phi) is 5.86. The van der Waals surface area contributed by atoms with Crippen LogP contribution in [0.3, 0.4) is 0 Å². The summed E-state index contributed by atoms with van der Waals surface area (Å²) in [7, 11) is 1.65. The molecule has 2 nitrogen and oxygen atoms in total. The van der Waals surface area contributed by atoms with Crippen molar-refractivity contribution in [2.24, 2.45) is 0 Å². The number of nitrogens with zero attached hydrogens (tertiary/aromatic N) is 1. The number of aromatic nitrogens is 1. The lowest BCUT2D eigenvalue weighted by atomic mass is 10.6. The fraction of sp³-hybridized carbons (Fsp3) is 0.500. The molecule has 0 N–H and O–H groups in total. The first kappa shape index (κ1) is 11.2. The average molecular weight is 214 g/mol. The minimum absolute atomic E-state index is 0. The maximum absolute atomic E-state index is 5.54. The molecular formula is C6H9Cl2NOS. The van der Waals surface area contributed by atoms with Crippen LogP contribution in [0, 0.1) is 0 Å². The van der Waals surface area contributed by atoms with Crippen LogP contribution < -0.4 is 0 Å². The van der Waals surface area contributed by atoms with Crippen LogP contribution in [0.5, 0.6) is 0 Å². The van der Waals surface area contributed by atoms with E-state index >= 15 is 0 Å². The Balaban J connectivity index is 0.000001000. The summed E-state index contributed by atoms with van der Waals surface area (Å²) in [6.07, 6.45) is 0. The number of methoxy groups -OCH3 is 1. The van der Waals surface area contributed by atoms with Gasteiger partial charge in [-0.05, 0) is 0 Å². The van der Waals surface area contributed by atoms with E-state index in [1.54, 1.807) is 18.4 Å². The first-order valence-corrected chi connectivity index (χ1v) is 4.26. The monoisotopic (exact) mass is 213 g/mol. The molecule has 1 aromatic rings. The van der Waals surface area contributed by atoms with Gasteiger partial charge in [-0.2, -0.15) is 0 Å². The smallest absolute Gasteiger partial charge is 0.119 e. The molecule has 1 rings (SSSR count). The third-order valence-electron chi connectivity index (χ3n) is 1.00. The van der Waals surface area contributed by atoms with Gasteiger partial charge in [0, 0.05) is 12.5 Å². The summed E-state index contributed by atoms with van der Waals surface area (Å²) in [5.74, 6) is 0.486. The Morgan fingerprint density at radius 3 is 2.91 bits per heavy atom. The summed E-state index contributed by atoms with van der Waals surface area (Å²) < 4.78 is 4.89. The van der Waals surface area contributed by atoms with Crippen molar-refractivity contribution >= 4 is 35.3 Å². The molecule has 0 saturated carbocycles. The van der Waals surface area contributed by atoms with Gasteiger partial charge in [-0.25, -0.2) is 4.98 Å². The van der Waals surface area contributed by atoms with Crippen molar-refractivity contribution in [2.75, 3.05) is 7.11 Å². The number of hydrogen-bond acceptors (Lipinski definition) is 3. The molecule has 1 aromatic heterocycles. The van der Waals surface area contributed by atoms with Crippen molar-refractivity contribution < 1.29 is 4.74 Å². The van der Waals surface area contributed by atoms with E-state index < -0.39 is 0 Å². The van der Waals surface area contributed by atoms with Crippen molar-refractivity contribution in [2.45, 2.75) is 12.5 Å². The second-order valence-corrected chi connectivity index (χ2v) is 3.01. The molecule has 0 aliphatic rings. The van der Waals surface area contributed by atoms with Gasteiger partial charge in [0.15, 0.2) is 0 Å². The topological polar surface area (TPSA) is 22.1 Å². The van der Waals surface area contributed by atoms with E-state index in [2.05, 4.69) is 4.98 Å². The van der Waals surface area contributed by atoms with E-state index in [9.17, 15) is 0 Å². The third-order valence-corrected chi connectivity index (χ3v) is 2.15. The zero-order valence-corrected chi connectivity index (χ0v) is 8.43. The quantitative estimate of drug-likeness (QED) is 0.721. The predicted molar refractivity (Wildman–Crippen MR) is 49.6 cm³/mol. The number of hydrogen-bond donors (Lipinski definition) is 0. The van der Waals surface area contributed by atoms with Crippen LogP contribution in [0.4, 0.5) is 0 Å². The van der Waals surface area contributed by atoms with Gasteiger partial charge in [0.1, 0.15) is 5.01 Å². The Bertz CT molecular complexity index is 204. The van der Waals surface area contributed by atoms with Crippen LogP contribution in [0.15, 0.2) is 5.38 Å². The number of rotatable bonds is 3. The number of thiazole rings is 1. The Labute approximate surface area is 81.0 Å². The lowest BCUT2D eigenvalue weighted by molar-refractivity contribution is 0.184. The van der Waals surface area contributed by atoms with Gasteiger partial charge in [-0.3, -0.25) is 0 Å². The van der Waals surface area contributed by atoms with Crippen LogP contribution in [-0.4, -0.2) is 12.1 Å². The highest BCUT2D eigenvalue weighted by Crippen LogP contribution is 2.11. The molecule has 0 spiro atoms. The normalized spacial score (nSPS) is 9.27. The van der Waals surface area contributed by atoms with E-state index in [0.717, 1.165) is 10.7 Å². The Hall–Kier alpha value is 0.170. The van der Waals surface area contributed by atoms with Crippen molar-refractivity contribution in [3.8, 4) is 0 Å². The molecule has 64 valence electrons. The SMILES string of the molecule is COCc1nc(CCl)cs1.Cl. The third kappa shape index (κ3) is 3.38. The van der Waals surface area contributed by atoms with Crippen molar-refractivity contribution in [1.29, 1.82) is 0 Å². The van der Waals surface area contributed by atoms with Crippen LogP contribution >= 0.6 is 35.3 Å². The van der Waals surface area contributed by atoms with Gasteiger partial charge in [0.25, 0.3) is 0 Å². The highest BCUT2D eigenvalue weighted by molar-refractivity contribution is 7.09. The Morgan fingerprint density at radius 1 is 1.73 bits per heavy atom. The highest BCUT2D eigenvalue weighted by Gasteiger charge is 1.98. The predicted octanol–water partition coefficient (Wildman–Crippen LogP) is 2.45. The van der Waals surface area contributed by atoms with Crippen molar-refractivity contribution in [3.05, 3.63) is 16.1 Å². The van der Waals surface area contributed by atoms with E-state index in [1.807, 2.05) is 5.38 Å². The molecule has 0 fully saturated rings. The first-order chi connectivity index (χ1) is 4.86. The largest absolute Gasteiger partial charge is 0.378 e. The molecule has 0 radical (unpaired) electrons. The van der Waals surface area contributed by atoms with E-state index in [4.69, 9.17) is 16.3 Å². The highest BCUT2D eigenvalue weighted by atomic mass is 35.5. The number of ether oxygens (including phenoxy) is 1. The summed E-state index contributed by atoms with van der Waals surface area (Å²) in [6, 6.07) is 0. The van der Waals surface area contributed by atoms with Gasteiger partial charge >= 0.3 is 0 Å². The fourth-order valence-electron chi connectivity index (χ4n) is 0.600. The second-order valence-electron chi connectivity index (χ2n) is 1.80. The zero-order chi connectivity index (χ0) is 7.40. The maximum Gasteiger partial charge on any atom is 0.119 e. The van der Waals surface area contributed by atoms with Gasteiger partial charge in [-0.1, -0.05) is 0 Å². The average Bonchev–Trinajstić information content (AvgIpc) is 2.37. The number of alkyl halides is 1. The standard InChI is InChI=1S/C6H8ClNOS.ClH/c1-9-3-6-8-5(2-7)4-10-6;/h4H,2-3H2,1H3;1H. The van der Waals surface area contributed by atoms with Gasteiger partial charge < -0.3 is 4.74 Å². The molecule has 0 unspecified atom stereocenters. The fourth-order valence-corrected chi connectivity index (χ4v) is 1.59. The molecule has 0 saturated heterocycles. The van der Waals surface area contributed by atoms with Crippen molar-refractivity contribution in [1.82, 2.24) is 4.98 Å². The summed E-state index contributed by atoms with van der Waals surface area (Å²) in [4.78, 5) is 4.18. The summed E-state index contributed by atoms with van der Waals surface area (Å²) in [6.45, 7) is 0.585. The minimum Gasteiger partial charge on any atom is -0.378 e. The maximum atomic E-state index is 5.54. The minimum atomic E-state index is 0. The van der Waals surface area contributed by atoms with E-state index in [-0.39, 0.29) is 12.4 Å². The molecule has 0 amide bonds. The summed E-state index contributed by atoms with van der Waals surface area (Å²) >= 11 is 7.12.